The number of hydrogen-bond donors (Lipinski definition) is 1. The van der Waals surface area contributed by atoms with Crippen molar-refractivity contribution in [2.45, 2.75) is 51.1 Å². The van der Waals surface area contributed by atoms with Crippen molar-refractivity contribution in [1.82, 2.24) is 14.9 Å². The molecule has 1 aliphatic carbocycles. The van der Waals surface area contributed by atoms with Crippen LogP contribution in [0.25, 0.3) is 0 Å². The van der Waals surface area contributed by atoms with E-state index in [2.05, 4.69) is 25.6 Å². The number of anilines is 1. The number of oxazole rings is 1. The van der Waals surface area contributed by atoms with E-state index in [1.165, 1.54) is 12.8 Å². The fourth-order valence-electron chi connectivity index (χ4n) is 2.97. The van der Waals surface area contributed by atoms with Gasteiger partial charge in [0.1, 0.15) is 5.76 Å². The molecule has 0 radical (unpaired) electrons. The first-order valence-electron chi connectivity index (χ1n) is 8.12. The summed E-state index contributed by atoms with van der Waals surface area (Å²) in [5, 5.41) is 6.71. The van der Waals surface area contributed by atoms with E-state index in [4.69, 9.17) is 4.42 Å². The Kier molecular flexibility index (Phi) is 3.88. The predicted octanol–water partition coefficient (Wildman–Crippen LogP) is 3.39. The highest BCUT2D eigenvalue weighted by atomic mass is 32.1. The average molecular weight is 318 g/mol. The van der Waals surface area contributed by atoms with Crippen LogP contribution in [0.3, 0.4) is 0 Å². The lowest BCUT2D eigenvalue weighted by atomic mass is 10.1. The first kappa shape index (κ1) is 14.2. The van der Waals surface area contributed by atoms with E-state index < -0.39 is 0 Å². The predicted molar refractivity (Wildman–Crippen MR) is 87.3 cm³/mol. The molecule has 0 unspecified atom stereocenters. The quantitative estimate of drug-likeness (QED) is 0.916. The van der Waals surface area contributed by atoms with Gasteiger partial charge in [-0.15, -0.1) is 11.3 Å². The van der Waals surface area contributed by atoms with E-state index in [1.54, 1.807) is 11.3 Å². The summed E-state index contributed by atoms with van der Waals surface area (Å²) in [5.41, 5.74) is 1.10. The van der Waals surface area contributed by atoms with E-state index in [1.807, 2.05) is 13.1 Å². The fourth-order valence-corrected chi connectivity index (χ4v) is 3.73. The summed E-state index contributed by atoms with van der Waals surface area (Å²) >= 11 is 1.70. The zero-order valence-electron chi connectivity index (χ0n) is 12.9. The Morgan fingerprint density at radius 2 is 2.14 bits per heavy atom. The van der Waals surface area contributed by atoms with Gasteiger partial charge in [0.05, 0.1) is 18.4 Å². The summed E-state index contributed by atoms with van der Waals surface area (Å²) in [7, 11) is 0. The van der Waals surface area contributed by atoms with Gasteiger partial charge in [-0.2, -0.15) is 0 Å². The Hall–Kier alpha value is -1.40. The van der Waals surface area contributed by atoms with Crippen LogP contribution in [-0.4, -0.2) is 34.0 Å². The summed E-state index contributed by atoms with van der Waals surface area (Å²) in [6.07, 6.45) is 6.71. The molecule has 118 valence electrons. The molecule has 1 N–H and O–H groups in total. The number of piperidine rings is 1. The van der Waals surface area contributed by atoms with Crippen LogP contribution < -0.4 is 5.32 Å². The summed E-state index contributed by atoms with van der Waals surface area (Å²) in [5.74, 6) is 2.57. The number of hydrogen-bond acceptors (Lipinski definition) is 6. The van der Waals surface area contributed by atoms with E-state index in [-0.39, 0.29) is 0 Å². The van der Waals surface area contributed by atoms with Gasteiger partial charge in [0.25, 0.3) is 0 Å². The molecule has 3 heterocycles. The van der Waals surface area contributed by atoms with Crippen molar-refractivity contribution in [3.63, 3.8) is 0 Å². The minimum absolute atomic E-state index is 0.540. The zero-order chi connectivity index (χ0) is 14.9. The third-order valence-corrected chi connectivity index (χ3v) is 5.30. The molecule has 2 aromatic heterocycles. The zero-order valence-corrected chi connectivity index (χ0v) is 13.7. The molecule has 5 nitrogen and oxygen atoms in total. The molecule has 4 rings (SSSR count). The fraction of sp³-hybridized carbons (Fsp3) is 0.625. The topological polar surface area (TPSA) is 54.2 Å². The highest BCUT2D eigenvalue weighted by molar-refractivity contribution is 7.13. The van der Waals surface area contributed by atoms with Crippen LogP contribution in [0, 0.1) is 6.92 Å². The first-order chi connectivity index (χ1) is 10.8. The van der Waals surface area contributed by atoms with Crippen LogP contribution in [-0.2, 0) is 6.54 Å². The molecular formula is C16H22N4OS. The molecule has 0 amide bonds. The van der Waals surface area contributed by atoms with Crippen LogP contribution in [0.2, 0.25) is 0 Å². The van der Waals surface area contributed by atoms with Gasteiger partial charge in [-0.05, 0) is 32.6 Å². The lowest BCUT2D eigenvalue weighted by Gasteiger charge is -2.31. The second kappa shape index (κ2) is 6.01. The highest BCUT2D eigenvalue weighted by Gasteiger charge is 2.29. The van der Waals surface area contributed by atoms with Gasteiger partial charge in [0.15, 0.2) is 11.0 Å². The van der Waals surface area contributed by atoms with Gasteiger partial charge in [-0.1, -0.05) is 0 Å². The van der Waals surface area contributed by atoms with Gasteiger partial charge >= 0.3 is 0 Å². The maximum absolute atomic E-state index is 5.86. The number of thiazole rings is 1. The van der Waals surface area contributed by atoms with Crippen molar-refractivity contribution < 1.29 is 4.42 Å². The summed E-state index contributed by atoms with van der Waals surface area (Å²) in [4.78, 5) is 11.4. The Morgan fingerprint density at radius 1 is 1.32 bits per heavy atom. The molecule has 2 aromatic rings. The van der Waals surface area contributed by atoms with E-state index in [0.717, 1.165) is 55.0 Å². The first-order valence-corrected chi connectivity index (χ1v) is 9.00. The second-order valence-electron chi connectivity index (χ2n) is 6.43. The summed E-state index contributed by atoms with van der Waals surface area (Å²) < 4.78 is 5.86. The van der Waals surface area contributed by atoms with Gasteiger partial charge < -0.3 is 9.73 Å². The lowest BCUT2D eigenvalue weighted by Crippen LogP contribution is -2.38. The number of nitrogens with one attached hydrogen (secondary N) is 1. The second-order valence-corrected chi connectivity index (χ2v) is 7.29. The SMILES string of the molecule is Cc1csc(NC2CCN(Cc3cnc(C4CC4)o3)CC2)n1. The number of nitrogens with zero attached hydrogens (tertiary/aromatic N) is 3. The molecule has 0 bridgehead atoms. The van der Waals surface area contributed by atoms with Gasteiger partial charge in [-0.3, -0.25) is 4.90 Å². The molecule has 1 aliphatic heterocycles. The number of rotatable bonds is 5. The molecule has 1 saturated carbocycles. The van der Waals surface area contributed by atoms with Crippen LogP contribution in [0.5, 0.6) is 0 Å². The molecule has 0 aromatic carbocycles. The minimum atomic E-state index is 0.540. The van der Waals surface area contributed by atoms with E-state index in [9.17, 15) is 0 Å². The monoisotopic (exact) mass is 318 g/mol. The van der Waals surface area contributed by atoms with E-state index >= 15 is 0 Å². The molecule has 1 saturated heterocycles. The van der Waals surface area contributed by atoms with Crippen LogP contribution >= 0.6 is 11.3 Å². The number of likely N-dealkylation sites (tertiary alicyclic amines) is 1. The number of aromatic nitrogens is 2. The van der Waals surface area contributed by atoms with Crippen LogP contribution in [0.15, 0.2) is 16.0 Å². The van der Waals surface area contributed by atoms with E-state index in [0.29, 0.717) is 12.0 Å². The van der Waals surface area contributed by atoms with Crippen LogP contribution in [0.1, 0.15) is 48.9 Å². The average Bonchev–Trinajstić information content (AvgIpc) is 3.14. The summed E-state index contributed by atoms with van der Waals surface area (Å²) in [6.45, 7) is 5.13. The summed E-state index contributed by atoms with van der Waals surface area (Å²) in [6, 6.07) is 0.540. The minimum Gasteiger partial charge on any atom is -0.444 e. The van der Waals surface area contributed by atoms with Crippen molar-refractivity contribution in [1.29, 1.82) is 0 Å². The van der Waals surface area contributed by atoms with Crippen molar-refractivity contribution in [2.24, 2.45) is 0 Å². The molecule has 2 fully saturated rings. The van der Waals surface area contributed by atoms with Crippen LogP contribution in [0.4, 0.5) is 5.13 Å². The van der Waals surface area contributed by atoms with Crippen molar-refractivity contribution >= 4 is 16.5 Å². The van der Waals surface area contributed by atoms with Gasteiger partial charge in [0.2, 0.25) is 0 Å². The Bertz CT molecular complexity index is 626. The number of aryl methyl sites for hydroxylation is 1. The highest BCUT2D eigenvalue weighted by Crippen LogP contribution is 2.39. The standard InChI is InChI=1S/C16H22N4OS/c1-11-10-22-16(18-11)19-13-4-6-20(7-5-13)9-14-8-17-15(21-14)12-2-3-12/h8,10,12-13H,2-7,9H2,1H3,(H,18,19). The third kappa shape index (κ3) is 3.33. The van der Waals surface area contributed by atoms with Gasteiger partial charge in [-0.25, -0.2) is 9.97 Å². The molecular weight excluding hydrogens is 296 g/mol. The Labute approximate surface area is 134 Å². The smallest absolute Gasteiger partial charge is 0.197 e. The lowest BCUT2D eigenvalue weighted by molar-refractivity contribution is 0.195. The normalized spacial score (nSPS) is 20.4. The van der Waals surface area contributed by atoms with Crippen molar-refractivity contribution in [2.75, 3.05) is 18.4 Å². The van der Waals surface area contributed by atoms with Crippen molar-refractivity contribution in [3.05, 3.63) is 28.9 Å². The van der Waals surface area contributed by atoms with Gasteiger partial charge in [0, 0.05) is 30.4 Å². The van der Waals surface area contributed by atoms with Crippen molar-refractivity contribution in [3.8, 4) is 0 Å². The third-order valence-electron chi connectivity index (χ3n) is 4.41. The molecule has 0 atom stereocenters. The molecule has 6 heteroatoms. The molecule has 22 heavy (non-hydrogen) atoms. The maximum Gasteiger partial charge on any atom is 0.197 e. The Balaban J connectivity index is 1.26. The molecule has 2 aliphatic rings. The Morgan fingerprint density at radius 3 is 2.82 bits per heavy atom. The molecule has 0 spiro atoms. The largest absolute Gasteiger partial charge is 0.444 e. The maximum atomic E-state index is 5.86.